The maximum atomic E-state index is 12.4. The van der Waals surface area contributed by atoms with Crippen LogP contribution < -0.4 is 5.32 Å². The van der Waals surface area contributed by atoms with Crippen LogP contribution in [0.15, 0.2) is 63.8 Å². The van der Waals surface area contributed by atoms with Crippen molar-refractivity contribution in [2.75, 3.05) is 0 Å². The SMILES string of the molecule is O=C(NCc1cc(Br)cc(Br)c1)c1ncnn1-c1ccccc1. The molecule has 0 bridgehead atoms. The molecule has 1 aromatic heterocycles. The first-order chi connectivity index (χ1) is 11.1. The number of amides is 1. The van der Waals surface area contributed by atoms with E-state index in [9.17, 15) is 4.79 Å². The van der Waals surface area contributed by atoms with Gasteiger partial charge >= 0.3 is 0 Å². The molecular formula is C16H12Br2N4O. The number of benzene rings is 2. The van der Waals surface area contributed by atoms with Crippen LogP contribution in [0.25, 0.3) is 5.69 Å². The van der Waals surface area contributed by atoms with E-state index in [1.165, 1.54) is 11.0 Å². The van der Waals surface area contributed by atoms with Gasteiger partial charge in [-0.05, 0) is 35.9 Å². The first kappa shape index (κ1) is 15.9. The highest BCUT2D eigenvalue weighted by Gasteiger charge is 2.15. The Bertz CT molecular complexity index is 813. The zero-order valence-electron chi connectivity index (χ0n) is 11.9. The molecule has 2 aromatic carbocycles. The summed E-state index contributed by atoms with van der Waals surface area (Å²) in [6.45, 7) is 0.401. The van der Waals surface area contributed by atoms with E-state index in [4.69, 9.17) is 0 Å². The van der Waals surface area contributed by atoms with Gasteiger partial charge in [-0.15, -0.1) is 0 Å². The molecule has 0 saturated carbocycles. The molecule has 0 radical (unpaired) electrons. The number of aromatic nitrogens is 3. The van der Waals surface area contributed by atoms with Crippen molar-refractivity contribution in [2.45, 2.75) is 6.54 Å². The number of halogens is 2. The molecule has 3 rings (SSSR count). The van der Waals surface area contributed by atoms with Crippen LogP contribution in [0.1, 0.15) is 16.2 Å². The van der Waals surface area contributed by atoms with Crippen molar-refractivity contribution in [1.29, 1.82) is 0 Å². The average molecular weight is 436 g/mol. The van der Waals surface area contributed by atoms with Gasteiger partial charge in [0, 0.05) is 15.5 Å². The summed E-state index contributed by atoms with van der Waals surface area (Å²) in [7, 11) is 0. The Morgan fingerprint density at radius 3 is 2.48 bits per heavy atom. The summed E-state index contributed by atoms with van der Waals surface area (Å²) in [5.74, 6) is -0.0206. The summed E-state index contributed by atoms with van der Waals surface area (Å²) in [4.78, 5) is 16.4. The monoisotopic (exact) mass is 434 g/mol. The molecule has 1 heterocycles. The minimum Gasteiger partial charge on any atom is -0.345 e. The summed E-state index contributed by atoms with van der Waals surface area (Å²) in [5.41, 5.74) is 1.77. The van der Waals surface area contributed by atoms with Crippen molar-refractivity contribution >= 4 is 37.8 Å². The highest BCUT2D eigenvalue weighted by Crippen LogP contribution is 2.20. The first-order valence-corrected chi connectivity index (χ1v) is 8.41. The Morgan fingerprint density at radius 2 is 1.78 bits per heavy atom. The fourth-order valence-electron chi connectivity index (χ4n) is 2.13. The molecule has 0 saturated heterocycles. The molecule has 1 amide bonds. The van der Waals surface area contributed by atoms with E-state index < -0.39 is 0 Å². The standard InChI is InChI=1S/C16H12Br2N4O/c17-12-6-11(7-13(18)8-12)9-19-16(23)15-20-10-21-22(15)14-4-2-1-3-5-14/h1-8,10H,9H2,(H,19,23). The number of carbonyl (C=O) groups is 1. The second-order valence-electron chi connectivity index (χ2n) is 4.79. The molecule has 0 aliphatic heterocycles. The van der Waals surface area contributed by atoms with Crippen LogP contribution in [-0.2, 0) is 6.54 Å². The number of rotatable bonds is 4. The number of hydrogen-bond acceptors (Lipinski definition) is 3. The Kier molecular flexibility index (Phi) is 4.88. The highest BCUT2D eigenvalue weighted by molar-refractivity contribution is 9.11. The second kappa shape index (κ2) is 7.06. The Labute approximate surface area is 150 Å². The van der Waals surface area contributed by atoms with E-state index in [1.54, 1.807) is 0 Å². The van der Waals surface area contributed by atoms with Gasteiger partial charge in [-0.3, -0.25) is 4.79 Å². The third-order valence-corrected chi connectivity index (χ3v) is 4.04. The van der Waals surface area contributed by atoms with Crippen LogP contribution in [0, 0.1) is 0 Å². The normalized spacial score (nSPS) is 10.5. The molecular weight excluding hydrogens is 424 g/mol. The van der Waals surface area contributed by atoms with Crippen LogP contribution in [0.5, 0.6) is 0 Å². The molecule has 0 aliphatic carbocycles. The fraction of sp³-hybridized carbons (Fsp3) is 0.0625. The van der Waals surface area contributed by atoms with Gasteiger partial charge < -0.3 is 5.32 Å². The zero-order valence-corrected chi connectivity index (χ0v) is 15.1. The Balaban J connectivity index is 1.76. The number of hydrogen-bond donors (Lipinski definition) is 1. The smallest absolute Gasteiger partial charge is 0.289 e. The lowest BCUT2D eigenvalue weighted by molar-refractivity contribution is 0.0938. The lowest BCUT2D eigenvalue weighted by Gasteiger charge is -2.08. The van der Waals surface area contributed by atoms with Gasteiger partial charge in [0.2, 0.25) is 5.82 Å². The fourth-order valence-corrected chi connectivity index (χ4v) is 3.52. The molecule has 0 fully saturated rings. The van der Waals surface area contributed by atoms with Crippen molar-refractivity contribution in [3.05, 3.63) is 75.2 Å². The molecule has 0 aliphatic rings. The Morgan fingerprint density at radius 1 is 1.09 bits per heavy atom. The molecule has 0 spiro atoms. The molecule has 7 heteroatoms. The van der Waals surface area contributed by atoms with Crippen LogP contribution in [-0.4, -0.2) is 20.7 Å². The number of nitrogens with zero attached hydrogens (tertiary/aromatic N) is 3. The van der Waals surface area contributed by atoms with E-state index in [0.29, 0.717) is 6.54 Å². The number of nitrogens with one attached hydrogen (secondary N) is 1. The third-order valence-electron chi connectivity index (χ3n) is 3.13. The van der Waals surface area contributed by atoms with Crippen molar-refractivity contribution < 1.29 is 4.79 Å². The van der Waals surface area contributed by atoms with Gasteiger partial charge in [0.25, 0.3) is 5.91 Å². The van der Waals surface area contributed by atoms with Gasteiger partial charge in [-0.25, -0.2) is 9.67 Å². The van der Waals surface area contributed by atoms with Gasteiger partial charge in [-0.2, -0.15) is 5.10 Å². The number of para-hydroxylation sites is 1. The molecule has 116 valence electrons. The van der Waals surface area contributed by atoms with Crippen molar-refractivity contribution in [3.8, 4) is 5.69 Å². The number of carbonyl (C=O) groups excluding carboxylic acids is 1. The maximum absolute atomic E-state index is 12.4. The summed E-state index contributed by atoms with van der Waals surface area (Å²) < 4.78 is 3.42. The van der Waals surface area contributed by atoms with E-state index in [-0.39, 0.29) is 11.7 Å². The van der Waals surface area contributed by atoms with E-state index >= 15 is 0 Å². The minimum atomic E-state index is -0.276. The predicted octanol–water partition coefficient (Wildman–Crippen LogP) is 3.72. The van der Waals surface area contributed by atoms with Crippen LogP contribution in [0.4, 0.5) is 0 Å². The topological polar surface area (TPSA) is 59.8 Å². The molecule has 0 atom stereocenters. The summed E-state index contributed by atoms with van der Waals surface area (Å²) in [5, 5.41) is 6.98. The molecule has 5 nitrogen and oxygen atoms in total. The quantitative estimate of drug-likeness (QED) is 0.679. The summed E-state index contributed by atoms with van der Waals surface area (Å²) >= 11 is 6.86. The lowest BCUT2D eigenvalue weighted by Crippen LogP contribution is -2.26. The highest BCUT2D eigenvalue weighted by atomic mass is 79.9. The zero-order chi connectivity index (χ0) is 16.2. The van der Waals surface area contributed by atoms with E-state index in [1.807, 2.05) is 48.5 Å². The summed E-state index contributed by atoms with van der Waals surface area (Å²) in [6.07, 6.45) is 1.37. The largest absolute Gasteiger partial charge is 0.345 e. The molecule has 23 heavy (non-hydrogen) atoms. The van der Waals surface area contributed by atoms with E-state index in [0.717, 1.165) is 20.2 Å². The Hall–Kier alpha value is -1.99. The minimum absolute atomic E-state index is 0.255. The van der Waals surface area contributed by atoms with Gasteiger partial charge in [0.15, 0.2) is 0 Å². The average Bonchev–Trinajstić information content (AvgIpc) is 3.02. The van der Waals surface area contributed by atoms with Crippen molar-refractivity contribution in [1.82, 2.24) is 20.1 Å². The van der Waals surface area contributed by atoms with Crippen LogP contribution in [0.3, 0.4) is 0 Å². The third kappa shape index (κ3) is 3.86. The summed E-state index contributed by atoms with van der Waals surface area (Å²) in [6, 6.07) is 15.3. The first-order valence-electron chi connectivity index (χ1n) is 6.82. The van der Waals surface area contributed by atoms with Crippen molar-refractivity contribution in [2.24, 2.45) is 0 Å². The van der Waals surface area contributed by atoms with Crippen LogP contribution in [0.2, 0.25) is 0 Å². The van der Waals surface area contributed by atoms with Gasteiger partial charge in [-0.1, -0.05) is 50.1 Å². The van der Waals surface area contributed by atoms with Gasteiger partial charge in [0.1, 0.15) is 6.33 Å². The predicted molar refractivity (Wildman–Crippen MR) is 94.4 cm³/mol. The van der Waals surface area contributed by atoms with Crippen molar-refractivity contribution in [3.63, 3.8) is 0 Å². The maximum Gasteiger partial charge on any atom is 0.289 e. The van der Waals surface area contributed by atoms with E-state index in [2.05, 4.69) is 47.3 Å². The van der Waals surface area contributed by atoms with Gasteiger partial charge in [0.05, 0.1) is 5.69 Å². The lowest BCUT2D eigenvalue weighted by atomic mass is 10.2. The van der Waals surface area contributed by atoms with Crippen LogP contribution >= 0.6 is 31.9 Å². The second-order valence-corrected chi connectivity index (χ2v) is 6.62. The molecule has 0 unspecified atom stereocenters. The molecule has 3 aromatic rings. The molecule has 1 N–H and O–H groups in total.